The molecule has 2 rings (SSSR count). The van der Waals surface area contributed by atoms with Gasteiger partial charge < -0.3 is 10.1 Å². The lowest BCUT2D eigenvalue weighted by Gasteiger charge is -1.97. The third-order valence-electron chi connectivity index (χ3n) is 1.90. The highest BCUT2D eigenvalue weighted by atomic mass is 16.6. The molecule has 0 unspecified atom stereocenters. The van der Waals surface area contributed by atoms with E-state index in [4.69, 9.17) is 0 Å². The van der Waals surface area contributed by atoms with Crippen molar-refractivity contribution in [3.63, 3.8) is 0 Å². The van der Waals surface area contributed by atoms with Crippen LogP contribution >= 0.6 is 0 Å². The summed E-state index contributed by atoms with van der Waals surface area (Å²) in [7, 11) is 0. The number of nitro groups is 1. The average Bonchev–Trinajstić information content (AvgIpc) is 2.68. The Kier molecular flexibility index (Phi) is 2.40. The minimum atomic E-state index is -0.561. The Labute approximate surface area is 85.3 Å². The summed E-state index contributed by atoms with van der Waals surface area (Å²) in [6.07, 6.45) is 1.31. The van der Waals surface area contributed by atoms with Crippen LogP contribution in [0.1, 0.15) is 5.56 Å². The van der Waals surface area contributed by atoms with E-state index in [1.54, 1.807) is 0 Å². The first-order valence-electron chi connectivity index (χ1n) is 4.34. The second-order valence-corrected chi connectivity index (χ2v) is 3.02. The number of rotatable bonds is 3. The van der Waals surface area contributed by atoms with Gasteiger partial charge in [0.2, 0.25) is 0 Å². The third-order valence-corrected chi connectivity index (χ3v) is 1.90. The monoisotopic (exact) mass is 204 g/mol. The van der Waals surface area contributed by atoms with Crippen LogP contribution in [-0.2, 0) is 6.54 Å². The fraction of sp³-hybridized carbons (Fsp3) is 0.111. The third kappa shape index (κ3) is 2.16. The average molecular weight is 204 g/mol. The van der Waals surface area contributed by atoms with Gasteiger partial charge in [0.1, 0.15) is 11.3 Å². The maximum Gasteiger partial charge on any atom is 0.410 e. The summed E-state index contributed by atoms with van der Waals surface area (Å²) in [4.78, 5) is 9.80. The van der Waals surface area contributed by atoms with Crippen LogP contribution in [0.25, 0.3) is 0 Å². The zero-order valence-corrected chi connectivity index (χ0v) is 7.78. The van der Waals surface area contributed by atoms with E-state index in [9.17, 15) is 10.1 Å². The van der Waals surface area contributed by atoms with Crippen LogP contribution in [-0.4, -0.2) is 19.9 Å². The Morgan fingerprint density at radius 1 is 1.33 bits per heavy atom. The molecule has 0 radical (unpaired) electrons. The van der Waals surface area contributed by atoms with Crippen molar-refractivity contribution < 1.29 is 4.92 Å². The molecule has 0 atom stereocenters. The van der Waals surface area contributed by atoms with Gasteiger partial charge in [-0.2, -0.15) is 0 Å². The first-order valence-corrected chi connectivity index (χ1v) is 4.34. The largest absolute Gasteiger partial charge is 0.410 e. The first kappa shape index (κ1) is 9.32. The van der Waals surface area contributed by atoms with Crippen LogP contribution in [0.5, 0.6) is 0 Å². The zero-order valence-electron chi connectivity index (χ0n) is 7.78. The lowest BCUT2D eigenvalue weighted by Crippen LogP contribution is -1.99. The molecular formula is C9H8N4O2. The van der Waals surface area contributed by atoms with Gasteiger partial charge in [-0.1, -0.05) is 30.3 Å². The molecule has 6 nitrogen and oxygen atoms in total. The summed E-state index contributed by atoms with van der Waals surface area (Å²) >= 11 is 0. The molecule has 15 heavy (non-hydrogen) atoms. The summed E-state index contributed by atoms with van der Waals surface area (Å²) in [5.41, 5.74) is 1.03. The Morgan fingerprint density at radius 3 is 2.67 bits per heavy atom. The highest BCUT2D eigenvalue weighted by Crippen LogP contribution is 2.06. The fourth-order valence-corrected chi connectivity index (χ4v) is 1.22. The lowest BCUT2D eigenvalue weighted by atomic mass is 10.2. The predicted molar refractivity (Wildman–Crippen MR) is 52.2 cm³/mol. The molecule has 76 valence electrons. The molecular weight excluding hydrogens is 196 g/mol. The normalized spacial score (nSPS) is 10.1. The van der Waals surface area contributed by atoms with Crippen molar-refractivity contribution in [2.75, 3.05) is 0 Å². The molecule has 1 aromatic heterocycles. The summed E-state index contributed by atoms with van der Waals surface area (Å²) in [6.45, 7) is 0.488. The number of hydrogen-bond donors (Lipinski definition) is 0. The van der Waals surface area contributed by atoms with Crippen LogP contribution in [0.2, 0.25) is 0 Å². The van der Waals surface area contributed by atoms with E-state index in [1.165, 1.54) is 10.9 Å². The maximum absolute atomic E-state index is 10.4. The smallest absolute Gasteiger partial charge is 0.358 e. The van der Waals surface area contributed by atoms with E-state index in [0.29, 0.717) is 6.54 Å². The van der Waals surface area contributed by atoms with Crippen molar-refractivity contribution in [3.8, 4) is 0 Å². The van der Waals surface area contributed by atoms with Gasteiger partial charge in [0.25, 0.3) is 0 Å². The van der Waals surface area contributed by atoms with E-state index in [0.717, 1.165) is 5.56 Å². The van der Waals surface area contributed by atoms with E-state index in [-0.39, 0.29) is 5.82 Å². The fourth-order valence-electron chi connectivity index (χ4n) is 1.22. The topological polar surface area (TPSA) is 73.8 Å². The Bertz CT molecular complexity index is 466. The van der Waals surface area contributed by atoms with Crippen LogP contribution in [0, 0.1) is 10.1 Å². The van der Waals surface area contributed by atoms with E-state index in [1.807, 2.05) is 30.3 Å². The summed E-state index contributed by atoms with van der Waals surface area (Å²) in [5.74, 6) is -0.231. The van der Waals surface area contributed by atoms with Gasteiger partial charge in [0, 0.05) is 0 Å². The van der Waals surface area contributed by atoms with Gasteiger partial charge in [-0.05, 0) is 10.5 Å². The van der Waals surface area contributed by atoms with Crippen LogP contribution < -0.4 is 0 Å². The van der Waals surface area contributed by atoms with Gasteiger partial charge in [0.05, 0.1) is 11.8 Å². The molecule has 0 aliphatic heterocycles. The van der Waals surface area contributed by atoms with Crippen LogP contribution in [0.15, 0.2) is 36.5 Å². The van der Waals surface area contributed by atoms with Crippen molar-refractivity contribution in [2.45, 2.75) is 6.54 Å². The summed E-state index contributed by atoms with van der Waals surface area (Å²) in [5, 5.41) is 17.4. The van der Waals surface area contributed by atoms with Crippen molar-refractivity contribution in [3.05, 3.63) is 52.2 Å². The molecule has 1 aromatic carbocycles. The van der Waals surface area contributed by atoms with Crippen LogP contribution in [0.4, 0.5) is 5.82 Å². The van der Waals surface area contributed by atoms with E-state index < -0.39 is 4.92 Å². The summed E-state index contributed by atoms with van der Waals surface area (Å²) in [6, 6.07) is 9.57. The quantitative estimate of drug-likeness (QED) is 0.556. The molecule has 0 N–H and O–H groups in total. The summed E-state index contributed by atoms with van der Waals surface area (Å²) < 4.78 is 1.44. The van der Waals surface area contributed by atoms with Gasteiger partial charge in [-0.25, -0.2) is 4.68 Å². The first-order chi connectivity index (χ1) is 7.25. The maximum atomic E-state index is 10.4. The highest BCUT2D eigenvalue weighted by Gasteiger charge is 2.11. The Morgan fingerprint density at radius 2 is 2.07 bits per heavy atom. The van der Waals surface area contributed by atoms with Crippen molar-refractivity contribution in [1.29, 1.82) is 0 Å². The predicted octanol–water partition coefficient (Wildman–Crippen LogP) is 1.23. The number of hydrogen-bond acceptors (Lipinski definition) is 4. The second kappa shape index (κ2) is 3.87. The van der Waals surface area contributed by atoms with Gasteiger partial charge in [-0.15, -0.1) is 0 Å². The minimum absolute atomic E-state index is 0.231. The van der Waals surface area contributed by atoms with Crippen molar-refractivity contribution >= 4 is 5.82 Å². The van der Waals surface area contributed by atoms with Crippen LogP contribution in [0.3, 0.4) is 0 Å². The number of aromatic nitrogens is 3. The molecule has 6 heteroatoms. The minimum Gasteiger partial charge on any atom is -0.358 e. The molecule has 0 saturated carbocycles. The van der Waals surface area contributed by atoms with E-state index in [2.05, 4.69) is 10.3 Å². The molecule has 0 bridgehead atoms. The highest BCUT2D eigenvalue weighted by molar-refractivity contribution is 5.16. The van der Waals surface area contributed by atoms with Gasteiger partial charge in [-0.3, -0.25) is 0 Å². The molecule has 0 aliphatic rings. The lowest BCUT2D eigenvalue weighted by molar-refractivity contribution is -0.389. The Hall–Kier alpha value is -2.24. The molecule has 2 aromatic rings. The molecule has 0 spiro atoms. The van der Waals surface area contributed by atoms with Gasteiger partial charge >= 0.3 is 5.82 Å². The zero-order chi connectivity index (χ0) is 10.7. The van der Waals surface area contributed by atoms with Crippen molar-refractivity contribution in [2.24, 2.45) is 0 Å². The molecule has 0 saturated heterocycles. The van der Waals surface area contributed by atoms with Gasteiger partial charge in [0.15, 0.2) is 0 Å². The molecule has 0 aliphatic carbocycles. The molecule has 1 heterocycles. The number of nitrogens with zero attached hydrogens (tertiary/aromatic N) is 4. The Balaban J connectivity index is 2.15. The van der Waals surface area contributed by atoms with E-state index >= 15 is 0 Å². The number of benzene rings is 1. The van der Waals surface area contributed by atoms with Crippen molar-refractivity contribution in [1.82, 2.24) is 15.0 Å². The molecule has 0 fully saturated rings. The molecule has 0 amide bonds. The standard InChI is InChI=1S/C9H8N4O2/c14-13(15)9-7-12(11-10-9)6-8-4-2-1-3-5-8/h1-5,7H,6H2. The SMILES string of the molecule is O=[N+]([O-])c1cn(Cc2ccccc2)nn1. The second-order valence-electron chi connectivity index (χ2n) is 3.02.